The van der Waals surface area contributed by atoms with Crippen molar-refractivity contribution in [2.45, 2.75) is 19.3 Å². The van der Waals surface area contributed by atoms with Gasteiger partial charge in [0.25, 0.3) is 5.56 Å². The third kappa shape index (κ3) is 4.22. The van der Waals surface area contributed by atoms with Crippen molar-refractivity contribution in [3.05, 3.63) is 71.4 Å². The second-order valence-corrected chi connectivity index (χ2v) is 7.86. The molecule has 1 fully saturated rings. The molecule has 1 aliphatic heterocycles. The number of benzene rings is 1. The summed E-state index contributed by atoms with van der Waals surface area (Å²) in [4.78, 5) is 19.1. The molecule has 1 saturated heterocycles. The first-order valence-electron chi connectivity index (χ1n) is 10.7. The van der Waals surface area contributed by atoms with Crippen LogP contribution in [0.2, 0.25) is 0 Å². The van der Waals surface area contributed by atoms with Crippen LogP contribution < -0.4 is 10.3 Å². The molecule has 4 heterocycles. The number of nitrogens with one attached hydrogen (secondary N) is 1. The van der Waals surface area contributed by atoms with E-state index in [1.165, 1.54) is 19.3 Å². The monoisotopic (exact) mass is 415 g/mol. The Morgan fingerprint density at radius 2 is 1.84 bits per heavy atom. The molecule has 0 bridgehead atoms. The summed E-state index contributed by atoms with van der Waals surface area (Å²) in [6, 6.07) is 13.6. The Morgan fingerprint density at radius 3 is 2.68 bits per heavy atom. The number of aromatic nitrogens is 4. The maximum Gasteiger partial charge on any atom is 0.288 e. The van der Waals surface area contributed by atoms with Gasteiger partial charge in [0.15, 0.2) is 0 Å². The maximum atomic E-state index is 12.6. The average Bonchev–Trinajstić information content (AvgIpc) is 3.24. The molecule has 31 heavy (non-hydrogen) atoms. The molecule has 0 unspecified atom stereocenters. The standard InChI is InChI=1S/C24H25N5O2/c30-24-23(17-21(26-27-24)18-6-9-25-10-7-18)29-13-8-19-4-5-20(16-22(19)29)31-15-14-28-11-2-1-3-12-28/h4-10,13,16-17H,1-3,11-12,14-15H2,(H,27,30). The molecule has 5 rings (SSSR count). The summed E-state index contributed by atoms with van der Waals surface area (Å²) in [5.74, 6) is 0.810. The van der Waals surface area contributed by atoms with Crippen LogP contribution in [0.15, 0.2) is 65.8 Å². The zero-order chi connectivity index (χ0) is 21.0. The number of piperidine rings is 1. The largest absolute Gasteiger partial charge is 0.492 e. The summed E-state index contributed by atoms with van der Waals surface area (Å²) in [6.07, 6.45) is 9.22. The number of fused-ring (bicyclic) bond motifs is 1. The molecule has 158 valence electrons. The van der Waals surface area contributed by atoms with E-state index >= 15 is 0 Å². The molecule has 7 heteroatoms. The van der Waals surface area contributed by atoms with Gasteiger partial charge in [-0.3, -0.25) is 14.7 Å². The van der Waals surface area contributed by atoms with Gasteiger partial charge in [-0.25, -0.2) is 5.10 Å². The van der Waals surface area contributed by atoms with Gasteiger partial charge in [-0.1, -0.05) is 6.42 Å². The third-order valence-electron chi connectivity index (χ3n) is 5.81. The Hall–Kier alpha value is -3.45. The summed E-state index contributed by atoms with van der Waals surface area (Å²) >= 11 is 0. The summed E-state index contributed by atoms with van der Waals surface area (Å²) in [5, 5.41) is 7.86. The number of hydrogen-bond donors (Lipinski definition) is 1. The highest BCUT2D eigenvalue weighted by Crippen LogP contribution is 2.25. The van der Waals surface area contributed by atoms with Crippen LogP contribution in [-0.2, 0) is 0 Å². The fourth-order valence-electron chi connectivity index (χ4n) is 4.13. The lowest BCUT2D eigenvalue weighted by atomic mass is 10.1. The minimum Gasteiger partial charge on any atom is -0.492 e. The van der Waals surface area contributed by atoms with Gasteiger partial charge in [-0.05, 0) is 62.3 Å². The van der Waals surface area contributed by atoms with Crippen molar-refractivity contribution in [3.8, 4) is 22.7 Å². The van der Waals surface area contributed by atoms with Crippen molar-refractivity contribution in [1.29, 1.82) is 0 Å². The van der Waals surface area contributed by atoms with Crippen molar-refractivity contribution in [2.75, 3.05) is 26.2 Å². The molecule has 0 atom stereocenters. The topological polar surface area (TPSA) is 76.0 Å². The Bertz CT molecular complexity index is 1230. The number of hydrogen-bond acceptors (Lipinski definition) is 5. The molecule has 0 aliphatic carbocycles. The third-order valence-corrected chi connectivity index (χ3v) is 5.81. The SMILES string of the molecule is O=c1[nH]nc(-c2ccncc2)cc1-n1ccc2ccc(OCCN3CCCCC3)cc21. The van der Waals surface area contributed by atoms with E-state index in [-0.39, 0.29) is 5.56 Å². The van der Waals surface area contributed by atoms with Crippen molar-refractivity contribution in [2.24, 2.45) is 0 Å². The molecule has 1 aliphatic rings. The van der Waals surface area contributed by atoms with Crippen LogP contribution in [0.3, 0.4) is 0 Å². The number of nitrogens with zero attached hydrogens (tertiary/aromatic N) is 4. The van der Waals surface area contributed by atoms with Gasteiger partial charge in [0.05, 0.1) is 11.2 Å². The smallest absolute Gasteiger partial charge is 0.288 e. The van der Waals surface area contributed by atoms with Crippen LogP contribution in [0.25, 0.3) is 27.8 Å². The number of likely N-dealkylation sites (tertiary alicyclic amines) is 1. The molecule has 0 spiro atoms. The highest BCUT2D eigenvalue weighted by molar-refractivity contribution is 5.83. The van der Waals surface area contributed by atoms with Crippen molar-refractivity contribution >= 4 is 10.9 Å². The van der Waals surface area contributed by atoms with Crippen LogP contribution >= 0.6 is 0 Å². The number of rotatable bonds is 6. The lowest BCUT2D eigenvalue weighted by Crippen LogP contribution is -2.33. The Morgan fingerprint density at radius 1 is 1.00 bits per heavy atom. The van der Waals surface area contributed by atoms with Crippen molar-refractivity contribution < 1.29 is 4.74 Å². The summed E-state index contributed by atoms with van der Waals surface area (Å²) < 4.78 is 7.93. The molecule has 3 aromatic heterocycles. The molecule has 0 radical (unpaired) electrons. The molecule has 0 amide bonds. The van der Waals surface area contributed by atoms with Gasteiger partial charge in [-0.15, -0.1) is 0 Å². The van der Waals surface area contributed by atoms with E-state index < -0.39 is 0 Å². The maximum absolute atomic E-state index is 12.6. The van der Waals surface area contributed by atoms with E-state index in [0.717, 1.165) is 41.9 Å². The molecular formula is C24H25N5O2. The fourth-order valence-corrected chi connectivity index (χ4v) is 4.13. The highest BCUT2D eigenvalue weighted by atomic mass is 16.5. The van der Waals surface area contributed by atoms with Crippen LogP contribution in [-0.4, -0.2) is 50.9 Å². The molecule has 4 aromatic rings. The summed E-state index contributed by atoms with van der Waals surface area (Å²) in [6.45, 7) is 3.93. The van der Waals surface area contributed by atoms with Gasteiger partial charge < -0.3 is 9.30 Å². The first-order valence-corrected chi connectivity index (χ1v) is 10.7. The number of pyridine rings is 1. The lowest BCUT2D eigenvalue weighted by Gasteiger charge is -2.26. The second-order valence-electron chi connectivity index (χ2n) is 7.86. The summed E-state index contributed by atoms with van der Waals surface area (Å²) in [7, 11) is 0. The fraction of sp³-hybridized carbons (Fsp3) is 0.292. The molecular weight excluding hydrogens is 390 g/mol. The zero-order valence-corrected chi connectivity index (χ0v) is 17.3. The zero-order valence-electron chi connectivity index (χ0n) is 17.3. The Labute approximate surface area is 180 Å². The van der Waals surface area contributed by atoms with E-state index in [9.17, 15) is 4.79 Å². The Balaban J connectivity index is 1.41. The lowest BCUT2D eigenvalue weighted by molar-refractivity contribution is 0.183. The van der Waals surface area contributed by atoms with E-state index in [1.54, 1.807) is 18.5 Å². The summed E-state index contributed by atoms with van der Waals surface area (Å²) in [5.41, 5.74) is 2.78. The highest BCUT2D eigenvalue weighted by Gasteiger charge is 2.12. The predicted molar refractivity (Wildman–Crippen MR) is 121 cm³/mol. The minimum atomic E-state index is -0.244. The van der Waals surface area contributed by atoms with Crippen LogP contribution in [0, 0.1) is 0 Å². The average molecular weight is 415 g/mol. The molecule has 1 aromatic carbocycles. The van der Waals surface area contributed by atoms with Crippen LogP contribution in [0.4, 0.5) is 0 Å². The first kappa shape index (κ1) is 19.5. The first-order chi connectivity index (χ1) is 15.3. The van der Waals surface area contributed by atoms with Gasteiger partial charge >= 0.3 is 0 Å². The van der Waals surface area contributed by atoms with Gasteiger partial charge in [0.2, 0.25) is 0 Å². The Kier molecular flexibility index (Phi) is 5.50. The second kappa shape index (κ2) is 8.73. The normalized spacial score (nSPS) is 14.7. The van der Waals surface area contributed by atoms with Crippen LogP contribution in [0.1, 0.15) is 19.3 Å². The quantitative estimate of drug-likeness (QED) is 0.520. The van der Waals surface area contributed by atoms with Gasteiger partial charge in [0, 0.05) is 42.2 Å². The van der Waals surface area contributed by atoms with E-state index in [0.29, 0.717) is 18.0 Å². The molecule has 1 N–H and O–H groups in total. The van der Waals surface area contributed by atoms with Gasteiger partial charge in [-0.2, -0.15) is 5.10 Å². The van der Waals surface area contributed by atoms with E-state index in [2.05, 4.69) is 20.1 Å². The predicted octanol–water partition coefficient (Wildman–Crippen LogP) is 3.64. The van der Waals surface area contributed by atoms with Crippen molar-refractivity contribution in [1.82, 2.24) is 24.6 Å². The van der Waals surface area contributed by atoms with Crippen molar-refractivity contribution in [3.63, 3.8) is 0 Å². The minimum absolute atomic E-state index is 0.244. The van der Waals surface area contributed by atoms with Gasteiger partial charge in [0.1, 0.15) is 18.0 Å². The number of H-pyrrole nitrogens is 1. The van der Waals surface area contributed by atoms with E-state index in [1.807, 2.05) is 47.2 Å². The molecule has 7 nitrogen and oxygen atoms in total. The number of aromatic amines is 1. The number of ether oxygens (including phenoxy) is 1. The van der Waals surface area contributed by atoms with E-state index in [4.69, 9.17) is 4.74 Å². The van der Waals surface area contributed by atoms with Crippen LogP contribution in [0.5, 0.6) is 5.75 Å². The molecule has 0 saturated carbocycles.